The van der Waals surface area contributed by atoms with Gasteiger partial charge in [0.2, 0.25) is 0 Å². The van der Waals surface area contributed by atoms with Crippen LogP contribution >= 0.6 is 12.2 Å². The Morgan fingerprint density at radius 3 is 3.00 bits per heavy atom. The number of hydrazone groups is 1. The number of hydrogen-bond acceptors (Lipinski definition) is 5. The Bertz CT molecular complexity index is 710. The maximum atomic E-state index is 11.7. The lowest BCUT2D eigenvalue weighted by Crippen LogP contribution is -2.23. The molecule has 7 heteroatoms. The van der Waals surface area contributed by atoms with Crippen LogP contribution in [0.4, 0.5) is 0 Å². The van der Waals surface area contributed by atoms with Gasteiger partial charge >= 0.3 is 5.97 Å². The zero-order valence-electron chi connectivity index (χ0n) is 11.9. The molecule has 0 saturated carbocycles. The Hall–Kier alpha value is -2.67. The lowest BCUT2D eigenvalue weighted by molar-refractivity contribution is 0.0526. The summed E-state index contributed by atoms with van der Waals surface area (Å²) in [4.78, 5) is 11.7. The van der Waals surface area contributed by atoms with Gasteiger partial charge in [-0.15, -0.1) is 0 Å². The fourth-order valence-corrected chi connectivity index (χ4v) is 1.80. The molecule has 6 nitrogen and oxygen atoms in total. The van der Waals surface area contributed by atoms with Crippen LogP contribution in [-0.2, 0) is 4.74 Å². The first-order valence-corrected chi connectivity index (χ1v) is 6.97. The molecule has 0 amide bonds. The number of benzene rings is 1. The molecule has 2 rings (SSSR count). The summed E-state index contributed by atoms with van der Waals surface area (Å²) in [5, 5.41) is 3.88. The van der Waals surface area contributed by atoms with E-state index in [-0.39, 0.29) is 11.1 Å². The molecule has 0 radical (unpaired) electrons. The highest BCUT2D eigenvalue weighted by Gasteiger charge is 2.09. The van der Waals surface area contributed by atoms with E-state index >= 15 is 0 Å². The van der Waals surface area contributed by atoms with E-state index in [9.17, 15) is 4.79 Å². The van der Waals surface area contributed by atoms with Gasteiger partial charge < -0.3 is 14.9 Å². The average Bonchev–Trinajstić information content (AvgIpc) is 2.96. The summed E-state index contributed by atoms with van der Waals surface area (Å²) in [7, 11) is 0. The molecular weight excluding hydrogens is 302 g/mol. The number of carbonyl (C=O) groups excluding carboxylic acids is 1. The van der Waals surface area contributed by atoms with Gasteiger partial charge in [-0.1, -0.05) is 12.1 Å². The second-order valence-corrected chi connectivity index (χ2v) is 4.68. The minimum absolute atomic E-state index is 0.0742. The van der Waals surface area contributed by atoms with Crippen molar-refractivity contribution in [2.45, 2.75) is 6.92 Å². The summed E-state index contributed by atoms with van der Waals surface area (Å²) < 4.78 is 10.6. The lowest BCUT2D eigenvalue weighted by atomic mass is 10.1. The van der Waals surface area contributed by atoms with Crippen molar-refractivity contribution in [2.24, 2.45) is 10.8 Å². The van der Waals surface area contributed by atoms with Crippen LogP contribution in [0.25, 0.3) is 11.3 Å². The van der Waals surface area contributed by atoms with Gasteiger partial charge in [0.15, 0.2) is 5.11 Å². The van der Waals surface area contributed by atoms with Crippen LogP contribution in [0, 0.1) is 0 Å². The van der Waals surface area contributed by atoms with Crippen molar-refractivity contribution in [1.82, 2.24) is 5.43 Å². The fourth-order valence-electron chi connectivity index (χ4n) is 1.75. The highest BCUT2D eigenvalue weighted by molar-refractivity contribution is 7.80. The summed E-state index contributed by atoms with van der Waals surface area (Å²) >= 11 is 4.63. The van der Waals surface area contributed by atoms with E-state index in [2.05, 4.69) is 22.7 Å². The number of furan rings is 1. The standard InChI is InChI=1S/C15H15N3O3S/c1-2-20-14(19)11-5-3-4-10(8-11)13-7-6-12(21-13)9-17-18-15(16)22/h3-9H,2H2,1H3,(H3,16,18,22). The highest BCUT2D eigenvalue weighted by atomic mass is 32.1. The Morgan fingerprint density at radius 2 is 2.27 bits per heavy atom. The first-order valence-electron chi connectivity index (χ1n) is 6.56. The Balaban J connectivity index is 2.17. The number of hydrogen-bond donors (Lipinski definition) is 2. The van der Waals surface area contributed by atoms with Crippen molar-refractivity contribution >= 4 is 29.5 Å². The van der Waals surface area contributed by atoms with Gasteiger partial charge in [0, 0.05) is 5.56 Å². The molecule has 0 fully saturated rings. The third kappa shape index (κ3) is 4.16. The van der Waals surface area contributed by atoms with Crippen LogP contribution in [0.15, 0.2) is 45.9 Å². The maximum absolute atomic E-state index is 11.7. The normalized spacial score (nSPS) is 10.6. The van der Waals surface area contributed by atoms with Gasteiger partial charge in [0.25, 0.3) is 0 Å². The van der Waals surface area contributed by atoms with E-state index in [1.54, 1.807) is 37.3 Å². The van der Waals surface area contributed by atoms with E-state index < -0.39 is 0 Å². The molecule has 0 unspecified atom stereocenters. The van der Waals surface area contributed by atoms with Crippen molar-refractivity contribution in [3.05, 3.63) is 47.7 Å². The molecule has 0 bridgehead atoms. The van der Waals surface area contributed by atoms with E-state index in [0.29, 0.717) is 23.7 Å². The zero-order valence-corrected chi connectivity index (χ0v) is 12.7. The topological polar surface area (TPSA) is 89.8 Å². The van der Waals surface area contributed by atoms with Crippen molar-refractivity contribution in [3.63, 3.8) is 0 Å². The number of nitrogens with two attached hydrogens (primary N) is 1. The molecule has 1 aromatic carbocycles. The van der Waals surface area contributed by atoms with Crippen LogP contribution < -0.4 is 11.2 Å². The predicted octanol–water partition coefficient (Wildman–Crippen LogP) is 2.29. The summed E-state index contributed by atoms with van der Waals surface area (Å²) in [6, 6.07) is 10.6. The SMILES string of the molecule is CCOC(=O)c1cccc(-c2ccc(C=NNC(N)=S)o2)c1. The molecule has 22 heavy (non-hydrogen) atoms. The number of nitrogens with zero attached hydrogens (tertiary/aromatic N) is 1. The third-order valence-electron chi connectivity index (χ3n) is 2.65. The average molecular weight is 317 g/mol. The largest absolute Gasteiger partial charge is 0.462 e. The molecule has 0 atom stereocenters. The number of carbonyl (C=O) groups is 1. The van der Waals surface area contributed by atoms with E-state index in [1.807, 2.05) is 6.07 Å². The highest BCUT2D eigenvalue weighted by Crippen LogP contribution is 2.22. The fraction of sp³-hybridized carbons (Fsp3) is 0.133. The van der Waals surface area contributed by atoms with Crippen molar-refractivity contribution in [1.29, 1.82) is 0 Å². The third-order valence-corrected chi connectivity index (χ3v) is 2.74. The molecule has 0 aliphatic rings. The Kier molecular flexibility index (Phi) is 5.26. The summed E-state index contributed by atoms with van der Waals surface area (Å²) in [5.41, 5.74) is 8.94. The number of esters is 1. The van der Waals surface area contributed by atoms with Crippen LogP contribution in [0.3, 0.4) is 0 Å². The number of thiocarbonyl (C=S) groups is 1. The molecule has 0 spiro atoms. The van der Waals surface area contributed by atoms with Crippen molar-refractivity contribution in [3.8, 4) is 11.3 Å². The maximum Gasteiger partial charge on any atom is 0.338 e. The number of ether oxygens (including phenoxy) is 1. The molecular formula is C15H15N3O3S. The van der Waals surface area contributed by atoms with Crippen LogP contribution in [-0.4, -0.2) is 23.9 Å². The van der Waals surface area contributed by atoms with Gasteiger partial charge in [-0.2, -0.15) is 5.10 Å². The monoisotopic (exact) mass is 317 g/mol. The molecule has 0 aliphatic heterocycles. The molecule has 0 aliphatic carbocycles. The first kappa shape index (κ1) is 15.7. The van der Waals surface area contributed by atoms with E-state index in [1.165, 1.54) is 6.21 Å². The molecule has 0 saturated heterocycles. The van der Waals surface area contributed by atoms with Gasteiger partial charge in [-0.05, 0) is 43.4 Å². The van der Waals surface area contributed by atoms with Crippen LogP contribution in [0.5, 0.6) is 0 Å². The smallest absolute Gasteiger partial charge is 0.338 e. The van der Waals surface area contributed by atoms with Crippen molar-refractivity contribution in [2.75, 3.05) is 6.61 Å². The van der Waals surface area contributed by atoms with Crippen molar-refractivity contribution < 1.29 is 13.9 Å². The Morgan fingerprint density at radius 1 is 1.45 bits per heavy atom. The Labute approximate surface area is 132 Å². The zero-order chi connectivity index (χ0) is 15.9. The van der Waals surface area contributed by atoms with Gasteiger partial charge in [-0.25, -0.2) is 4.79 Å². The second-order valence-electron chi connectivity index (χ2n) is 4.24. The number of rotatable bonds is 5. The first-order chi connectivity index (χ1) is 10.6. The summed E-state index contributed by atoms with van der Waals surface area (Å²) in [6.07, 6.45) is 1.46. The molecule has 2 aromatic rings. The van der Waals surface area contributed by atoms with Crippen LogP contribution in [0.1, 0.15) is 23.0 Å². The quantitative estimate of drug-likeness (QED) is 0.380. The second kappa shape index (κ2) is 7.37. The summed E-state index contributed by atoms with van der Waals surface area (Å²) in [5.74, 6) is 0.779. The van der Waals surface area contributed by atoms with E-state index in [4.69, 9.17) is 14.9 Å². The molecule has 3 N–H and O–H groups in total. The predicted molar refractivity (Wildman–Crippen MR) is 87.6 cm³/mol. The number of nitrogens with one attached hydrogen (secondary N) is 1. The van der Waals surface area contributed by atoms with E-state index in [0.717, 1.165) is 5.56 Å². The summed E-state index contributed by atoms with van der Waals surface area (Å²) in [6.45, 7) is 2.10. The minimum atomic E-state index is -0.363. The van der Waals surface area contributed by atoms with Gasteiger partial charge in [0.05, 0.1) is 18.4 Å². The molecule has 1 aromatic heterocycles. The van der Waals surface area contributed by atoms with Gasteiger partial charge in [-0.3, -0.25) is 5.43 Å². The van der Waals surface area contributed by atoms with Crippen LogP contribution in [0.2, 0.25) is 0 Å². The molecule has 114 valence electrons. The lowest BCUT2D eigenvalue weighted by Gasteiger charge is -2.03. The minimum Gasteiger partial charge on any atom is -0.462 e. The molecule has 1 heterocycles. The van der Waals surface area contributed by atoms with Gasteiger partial charge in [0.1, 0.15) is 11.5 Å².